The highest BCUT2D eigenvalue weighted by Crippen LogP contribution is 2.42. The van der Waals surface area contributed by atoms with Crippen molar-refractivity contribution in [2.45, 2.75) is 25.6 Å². The molecule has 21 heavy (non-hydrogen) atoms. The number of hydrogen-bond donors (Lipinski definition) is 2. The first kappa shape index (κ1) is 13.8. The number of anilines is 1. The zero-order chi connectivity index (χ0) is 15.2. The second-order valence-electron chi connectivity index (χ2n) is 4.97. The number of ether oxygens (including phenoxy) is 1. The largest absolute Gasteiger partial charge is 0.489 e. The zero-order valence-corrected chi connectivity index (χ0v) is 11.2. The van der Waals surface area contributed by atoms with Crippen molar-refractivity contribution < 1.29 is 17.9 Å². The average Bonchev–Trinajstić information content (AvgIpc) is 2.44. The van der Waals surface area contributed by atoms with Crippen molar-refractivity contribution in [3.63, 3.8) is 0 Å². The van der Waals surface area contributed by atoms with Crippen molar-refractivity contribution >= 4 is 16.6 Å². The number of H-pyrrole nitrogens is 1. The van der Waals surface area contributed by atoms with Gasteiger partial charge in [0.25, 0.3) is 0 Å². The molecule has 3 rings (SSSR count). The molecule has 1 aliphatic heterocycles. The minimum atomic E-state index is -4.62. The molecule has 2 N–H and O–H groups in total. The molecule has 0 aliphatic carbocycles. The van der Waals surface area contributed by atoms with Gasteiger partial charge in [-0.3, -0.25) is 4.79 Å². The molecule has 0 radical (unpaired) electrons. The monoisotopic (exact) mass is 298 g/mol. The predicted molar refractivity (Wildman–Crippen MR) is 72.8 cm³/mol. The molecule has 2 heterocycles. The van der Waals surface area contributed by atoms with Crippen molar-refractivity contribution in [1.82, 2.24) is 4.98 Å². The third kappa shape index (κ3) is 2.32. The van der Waals surface area contributed by atoms with E-state index < -0.39 is 17.3 Å². The van der Waals surface area contributed by atoms with E-state index in [1.54, 1.807) is 6.07 Å². The van der Waals surface area contributed by atoms with Crippen LogP contribution in [0.1, 0.15) is 18.9 Å². The number of rotatable bonds is 1. The lowest BCUT2D eigenvalue weighted by molar-refractivity contribution is -0.136. The van der Waals surface area contributed by atoms with Crippen LogP contribution in [-0.4, -0.2) is 17.6 Å². The summed E-state index contributed by atoms with van der Waals surface area (Å²) in [6.45, 7) is 2.25. The van der Waals surface area contributed by atoms with Gasteiger partial charge < -0.3 is 15.0 Å². The van der Waals surface area contributed by atoms with Crippen molar-refractivity contribution in [2.75, 3.05) is 11.9 Å². The second kappa shape index (κ2) is 4.68. The van der Waals surface area contributed by atoms with Crippen molar-refractivity contribution in [3.05, 3.63) is 34.1 Å². The van der Waals surface area contributed by atoms with Gasteiger partial charge in [-0.25, -0.2) is 0 Å². The molecule has 7 heteroatoms. The van der Waals surface area contributed by atoms with Gasteiger partial charge in [0.2, 0.25) is 5.56 Å². The molecule has 1 atom stereocenters. The molecule has 0 saturated carbocycles. The van der Waals surface area contributed by atoms with Gasteiger partial charge in [0.05, 0.1) is 28.2 Å². The third-order valence-corrected chi connectivity index (χ3v) is 3.55. The Labute approximate surface area is 117 Å². The molecule has 1 aromatic carbocycles. The number of hydrogen-bond acceptors (Lipinski definition) is 3. The van der Waals surface area contributed by atoms with Gasteiger partial charge in [0.1, 0.15) is 6.61 Å². The van der Waals surface area contributed by atoms with Crippen LogP contribution in [-0.2, 0) is 6.18 Å². The van der Waals surface area contributed by atoms with Crippen LogP contribution in [0.5, 0.6) is 5.75 Å². The van der Waals surface area contributed by atoms with Crippen molar-refractivity contribution in [2.24, 2.45) is 0 Å². The number of fused-ring (bicyclic) bond motifs is 3. The van der Waals surface area contributed by atoms with E-state index in [4.69, 9.17) is 4.74 Å². The maximum absolute atomic E-state index is 13.2. The first-order valence-corrected chi connectivity index (χ1v) is 6.56. The molecule has 112 valence electrons. The number of pyridine rings is 1. The fraction of sp³-hybridized carbons (Fsp3) is 0.357. The summed E-state index contributed by atoms with van der Waals surface area (Å²) in [4.78, 5) is 13.8. The zero-order valence-electron chi connectivity index (χ0n) is 11.2. The Morgan fingerprint density at radius 3 is 2.81 bits per heavy atom. The van der Waals surface area contributed by atoms with E-state index in [9.17, 15) is 18.0 Å². The average molecular weight is 298 g/mol. The smallest absolute Gasteiger partial charge is 0.417 e. The highest BCUT2D eigenvalue weighted by molar-refractivity contribution is 5.94. The first-order valence-electron chi connectivity index (χ1n) is 6.56. The third-order valence-electron chi connectivity index (χ3n) is 3.55. The number of nitrogens with one attached hydrogen (secondary N) is 2. The summed E-state index contributed by atoms with van der Waals surface area (Å²) in [7, 11) is 0. The summed E-state index contributed by atoms with van der Waals surface area (Å²) >= 11 is 0. The Hall–Kier alpha value is -2.18. The Balaban J connectivity index is 2.30. The molecule has 0 spiro atoms. The molecule has 1 aromatic heterocycles. The van der Waals surface area contributed by atoms with E-state index in [0.717, 1.165) is 6.42 Å². The SMILES string of the molecule is CCC1COc2c(ccc3[nH]c(=O)cc(C(F)(F)F)c23)N1. The quantitative estimate of drug-likeness (QED) is 0.850. The fourth-order valence-corrected chi connectivity index (χ4v) is 2.48. The van der Waals surface area contributed by atoms with Gasteiger partial charge in [-0.1, -0.05) is 6.92 Å². The molecule has 2 aromatic rings. The molecule has 4 nitrogen and oxygen atoms in total. The summed E-state index contributed by atoms with van der Waals surface area (Å²) in [5, 5.41) is 3.04. The van der Waals surface area contributed by atoms with Gasteiger partial charge in [-0.05, 0) is 18.6 Å². The Bertz CT molecular complexity index is 752. The lowest BCUT2D eigenvalue weighted by Gasteiger charge is -2.28. The standard InChI is InChI=1S/C14H13F3N2O2/c1-2-7-6-21-13-10(18-7)4-3-9-12(13)8(14(15,16)17)5-11(20)19-9/h3-5,7,18H,2,6H2,1H3,(H,19,20). The Morgan fingerprint density at radius 1 is 1.38 bits per heavy atom. The minimum Gasteiger partial charge on any atom is -0.489 e. The van der Waals surface area contributed by atoms with E-state index in [1.807, 2.05) is 6.92 Å². The van der Waals surface area contributed by atoms with Crippen LogP contribution in [0.2, 0.25) is 0 Å². The molecular formula is C14H13F3N2O2. The van der Waals surface area contributed by atoms with Crippen LogP contribution in [0.15, 0.2) is 23.0 Å². The topological polar surface area (TPSA) is 54.1 Å². The van der Waals surface area contributed by atoms with Crippen molar-refractivity contribution in [1.29, 1.82) is 0 Å². The highest BCUT2D eigenvalue weighted by atomic mass is 19.4. The summed E-state index contributed by atoms with van der Waals surface area (Å²) in [6, 6.07) is 3.71. The number of halogens is 3. The van der Waals surface area contributed by atoms with Crippen LogP contribution in [0.25, 0.3) is 10.9 Å². The summed E-state index contributed by atoms with van der Waals surface area (Å²) in [6.07, 6.45) is -3.82. The van der Waals surface area contributed by atoms with Crippen LogP contribution in [0, 0.1) is 0 Å². The predicted octanol–water partition coefficient (Wildman–Crippen LogP) is 3.13. The van der Waals surface area contributed by atoms with E-state index in [-0.39, 0.29) is 22.7 Å². The normalized spacial score (nSPS) is 18.0. The summed E-state index contributed by atoms with van der Waals surface area (Å²) in [5.74, 6) is 0.140. The molecule has 0 bridgehead atoms. The number of aromatic nitrogens is 1. The van der Waals surface area contributed by atoms with Crippen LogP contribution in [0.3, 0.4) is 0 Å². The maximum atomic E-state index is 13.2. The maximum Gasteiger partial charge on any atom is 0.417 e. The van der Waals surface area contributed by atoms with Gasteiger partial charge >= 0.3 is 6.18 Å². The van der Waals surface area contributed by atoms with E-state index in [0.29, 0.717) is 18.4 Å². The molecule has 1 unspecified atom stereocenters. The fourth-order valence-electron chi connectivity index (χ4n) is 2.48. The minimum absolute atomic E-state index is 0.0621. The Kier molecular flexibility index (Phi) is 3.07. The lowest BCUT2D eigenvalue weighted by atomic mass is 10.0. The molecule has 0 saturated heterocycles. The highest BCUT2D eigenvalue weighted by Gasteiger charge is 2.35. The van der Waals surface area contributed by atoms with Crippen molar-refractivity contribution in [3.8, 4) is 5.75 Å². The second-order valence-corrected chi connectivity index (χ2v) is 4.97. The molecule has 0 amide bonds. The van der Waals surface area contributed by atoms with Gasteiger partial charge in [-0.15, -0.1) is 0 Å². The lowest BCUT2D eigenvalue weighted by Crippen LogP contribution is -2.31. The molecule has 0 fully saturated rings. The van der Waals surface area contributed by atoms with Crippen LogP contribution < -0.4 is 15.6 Å². The number of aromatic amines is 1. The van der Waals surface area contributed by atoms with Gasteiger partial charge in [0, 0.05) is 6.07 Å². The van der Waals surface area contributed by atoms with E-state index in [2.05, 4.69) is 10.3 Å². The summed E-state index contributed by atoms with van der Waals surface area (Å²) < 4.78 is 45.1. The van der Waals surface area contributed by atoms with E-state index >= 15 is 0 Å². The van der Waals surface area contributed by atoms with Crippen LogP contribution >= 0.6 is 0 Å². The summed E-state index contributed by atoms with van der Waals surface area (Å²) in [5.41, 5.74) is -1.14. The van der Waals surface area contributed by atoms with Gasteiger partial charge in [-0.2, -0.15) is 13.2 Å². The molecule has 1 aliphatic rings. The number of alkyl halides is 3. The van der Waals surface area contributed by atoms with Gasteiger partial charge in [0.15, 0.2) is 5.75 Å². The van der Waals surface area contributed by atoms with E-state index in [1.165, 1.54) is 6.07 Å². The number of benzene rings is 1. The van der Waals surface area contributed by atoms with Crippen LogP contribution in [0.4, 0.5) is 18.9 Å². The first-order chi connectivity index (χ1) is 9.90. The Morgan fingerprint density at radius 2 is 2.14 bits per heavy atom. The molecular weight excluding hydrogens is 285 g/mol.